The van der Waals surface area contributed by atoms with Crippen LogP contribution in [0.15, 0.2) is 18.2 Å². The lowest BCUT2D eigenvalue weighted by atomic mass is 10.0. The highest BCUT2D eigenvalue weighted by Crippen LogP contribution is 2.30. The van der Waals surface area contributed by atoms with Gasteiger partial charge in [-0.15, -0.1) is 12.4 Å². The van der Waals surface area contributed by atoms with Crippen molar-refractivity contribution < 1.29 is 14.6 Å². The summed E-state index contributed by atoms with van der Waals surface area (Å²) in [5.74, 6) is -0.999. The summed E-state index contributed by atoms with van der Waals surface area (Å²) in [4.78, 5) is 2.05. The molecule has 0 spiro atoms. The number of phenols is 1. The van der Waals surface area contributed by atoms with Crippen molar-refractivity contribution in [2.75, 3.05) is 32.8 Å². The van der Waals surface area contributed by atoms with E-state index in [-0.39, 0.29) is 30.8 Å². The second kappa shape index (κ2) is 6.89. The summed E-state index contributed by atoms with van der Waals surface area (Å²) in [6, 6.07) is 4.08. The summed E-state index contributed by atoms with van der Waals surface area (Å²) in [5, 5.41) is 22.4. The second-order valence-corrected chi connectivity index (χ2v) is 4.16. The Morgan fingerprint density at radius 3 is 2.61 bits per heavy atom. The predicted molar refractivity (Wildman–Crippen MR) is 69.6 cm³/mol. The number of rotatable bonds is 3. The van der Waals surface area contributed by atoms with Crippen molar-refractivity contribution in [1.82, 2.24) is 10.2 Å². The van der Waals surface area contributed by atoms with Gasteiger partial charge in [0.1, 0.15) is 0 Å². The molecule has 0 radical (unpaired) electrons. The number of aliphatic hydroxyl groups excluding tert-OH is 1. The molecule has 1 aromatic carbocycles. The quantitative estimate of drug-likeness (QED) is 0.768. The number of hydrogen-bond acceptors (Lipinski definition) is 4. The molecule has 0 amide bonds. The Balaban J connectivity index is 0.00000162. The van der Waals surface area contributed by atoms with E-state index in [9.17, 15) is 14.6 Å². The molecule has 1 aromatic rings. The van der Waals surface area contributed by atoms with Gasteiger partial charge in [-0.2, -0.15) is 0 Å². The minimum Gasteiger partial charge on any atom is -0.505 e. The van der Waals surface area contributed by atoms with Crippen molar-refractivity contribution in [3.63, 3.8) is 0 Å². The van der Waals surface area contributed by atoms with Crippen LogP contribution in [0.25, 0.3) is 0 Å². The van der Waals surface area contributed by atoms with Crippen molar-refractivity contribution in [3.05, 3.63) is 29.6 Å². The van der Waals surface area contributed by atoms with Gasteiger partial charge in [0.25, 0.3) is 0 Å². The number of nitrogens with zero attached hydrogens (tertiary/aromatic N) is 1. The van der Waals surface area contributed by atoms with Crippen LogP contribution in [0.1, 0.15) is 11.6 Å². The topological polar surface area (TPSA) is 55.7 Å². The molecule has 4 nitrogen and oxygen atoms in total. The maximum absolute atomic E-state index is 13.3. The molecule has 0 aliphatic carbocycles. The van der Waals surface area contributed by atoms with Crippen LogP contribution >= 0.6 is 12.4 Å². The van der Waals surface area contributed by atoms with Crippen LogP contribution < -0.4 is 5.32 Å². The van der Waals surface area contributed by atoms with Crippen LogP contribution in [-0.4, -0.2) is 47.9 Å². The number of nitrogens with one attached hydrogen (secondary N) is 1. The van der Waals surface area contributed by atoms with Gasteiger partial charge in [0, 0.05) is 31.7 Å². The first-order valence-electron chi connectivity index (χ1n) is 5.77. The Kier molecular flexibility index (Phi) is 5.81. The van der Waals surface area contributed by atoms with E-state index in [0.717, 1.165) is 26.2 Å². The Hall–Kier alpha value is -0.880. The van der Waals surface area contributed by atoms with Crippen LogP contribution in [0.3, 0.4) is 0 Å². The van der Waals surface area contributed by atoms with Gasteiger partial charge in [-0.25, -0.2) is 4.39 Å². The van der Waals surface area contributed by atoms with Crippen molar-refractivity contribution in [3.8, 4) is 5.75 Å². The molecule has 0 bridgehead atoms. The number of halogens is 2. The maximum Gasteiger partial charge on any atom is 0.165 e. The third-order valence-electron chi connectivity index (χ3n) is 3.14. The third-order valence-corrected chi connectivity index (χ3v) is 3.14. The molecule has 1 heterocycles. The minimum absolute atomic E-state index is 0. The fourth-order valence-electron chi connectivity index (χ4n) is 2.21. The predicted octanol–water partition coefficient (Wildman–Crippen LogP) is 0.892. The van der Waals surface area contributed by atoms with Gasteiger partial charge in [0.15, 0.2) is 11.6 Å². The van der Waals surface area contributed by atoms with Crippen LogP contribution in [0.5, 0.6) is 5.75 Å². The van der Waals surface area contributed by atoms with Gasteiger partial charge < -0.3 is 15.5 Å². The van der Waals surface area contributed by atoms with Gasteiger partial charge in [0.2, 0.25) is 0 Å². The molecule has 2 rings (SSSR count). The van der Waals surface area contributed by atoms with Gasteiger partial charge in [-0.1, -0.05) is 12.1 Å². The summed E-state index contributed by atoms with van der Waals surface area (Å²) in [7, 11) is 0. The van der Waals surface area contributed by atoms with E-state index in [1.807, 2.05) is 4.90 Å². The lowest BCUT2D eigenvalue weighted by molar-refractivity contribution is 0.108. The van der Waals surface area contributed by atoms with E-state index in [1.165, 1.54) is 6.07 Å². The van der Waals surface area contributed by atoms with E-state index in [0.29, 0.717) is 5.56 Å². The maximum atomic E-state index is 13.3. The highest BCUT2D eigenvalue weighted by Gasteiger charge is 2.24. The molecule has 1 fully saturated rings. The molecule has 18 heavy (non-hydrogen) atoms. The molecule has 1 aliphatic rings. The van der Waals surface area contributed by atoms with E-state index in [1.54, 1.807) is 12.1 Å². The van der Waals surface area contributed by atoms with Gasteiger partial charge in [0.05, 0.1) is 12.6 Å². The molecule has 1 aliphatic heterocycles. The third kappa shape index (κ3) is 3.11. The number of para-hydroxylation sites is 1. The molecule has 6 heteroatoms. The number of piperazine rings is 1. The molecule has 3 N–H and O–H groups in total. The fourth-order valence-corrected chi connectivity index (χ4v) is 2.21. The van der Waals surface area contributed by atoms with E-state index >= 15 is 0 Å². The van der Waals surface area contributed by atoms with E-state index in [2.05, 4.69) is 5.32 Å². The van der Waals surface area contributed by atoms with Crippen molar-refractivity contribution in [2.24, 2.45) is 0 Å². The molecule has 0 saturated carbocycles. The van der Waals surface area contributed by atoms with E-state index < -0.39 is 5.82 Å². The zero-order valence-electron chi connectivity index (χ0n) is 9.97. The van der Waals surface area contributed by atoms with Gasteiger partial charge in [-0.3, -0.25) is 4.90 Å². The van der Waals surface area contributed by atoms with Crippen molar-refractivity contribution in [1.29, 1.82) is 0 Å². The fraction of sp³-hybridized carbons (Fsp3) is 0.500. The number of benzene rings is 1. The number of aliphatic hydroxyl groups is 1. The Bertz CT molecular complexity index is 386. The molecule has 0 aromatic heterocycles. The summed E-state index contributed by atoms with van der Waals surface area (Å²) in [5.41, 5.74) is 0.453. The van der Waals surface area contributed by atoms with Crippen molar-refractivity contribution in [2.45, 2.75) is 6.04 Å². The molecule has 102 valence electrons. The average Bonchev–Trinajstić information content (AvgIpc) is 2.37. The first-order valence-corrected chi connectivity index (χ1v) is 5.77. The van der Waals surface area contributed by atoms with E-state index in [4.69, 9.17) is 0 Å². The molecule has 1 atom stereocenters. The summed E-state index contributed by atoms with van der Waals surface area (Å²) >= 11 is 0. The lowest BCUT2D eigenvalue weighted by Gasteiger charge is -2.34. The van der Waals surface area contributed by atoms with Crippen molar-refractivity contribution >= 4 is 12.4 Å². The zero-order chi connectivity index (χ0) is 12.3. The largest absolute Gasteiger partial charge is 0.505 e. The highest BCUT2D eigenvalue weighted by molar-refractivity contribution is 5.85. The molecule has 1 saturated heterocycles. The smallest absolute Gasteiger partial charge is 0.165 e. The normalized spacial score (nSPS) is 18.1. The minimum atomic E-state index is -0.643. The number of hydrogen-bond donors (Lipinski definition) is 3. The Labute approximate surface area is 112 Å². The Morgan fingerprint density at radius 1 is 1.33 bits per heavy atom. The number of phenolic OH excluding ortho intramolecular Hbond substituents is 1. The first kappa shape index (κ1) is 15.2. The summed E-state index contributed by atoms with van der Waals surface area (Å²) in [6.45, 7) is 3.11. The second-order valence-electron chi connectivity index (χ2n) is 4.16. The summed E-state index contributed by atoms with van der Waals surface area (Å²) < 4.78 is 13.3. The highest BCUT2D eigenvalue weighted by atomic mass is 35.5. The van der Waals surface area contributed by atoms with Crippen LogP contribution in [0.2, 0.25) is 0 Å². The SMILES string of the molecule is Cl.OC[C@H](c1cccc(F)c1O)N1CCNCC1. The molecule has 0 unspecified atom stereocenters. The van der Waals surface area contributed by atoms with Gasteiger partial charge in [-0.05, 0) is 6.07 Å². The lowest BCUT2D eigenvalue weighted by Crippen LogP contribution is -2.46. The average molecular weight is 277 g/mol. The van der Waals surface area contributed by atoms with Crippen LogP contribution in [-0.2, 0) is 0 Å². The molecular formula is C12H18ClFN2O2. The first-order chi connectivity index (χ1) is 8.24. The Morgan fingerprint density at radius 2 is 2.00 bits per heavy atom. The standard InChI is InChI=1S/C12H17FN2O2.ClH/c13-10-3-1-2-9(12(10)17)11(8-16)15-6-4-14-5-7-15;/h1-3,11,14,16-17H,4-8H2;1H/t11-;/m1./s1. The van der Waals surface area contributed by atoms with Gasteiger partial charge >= 0.3 is 0 Å². The number of aromatic hydroxyl groups is 1. The molecular weight excluding hydrogens is 259 g/mol. The van der Waals surface area contributed by atoms with Crippen LogP contribution in [0.4, 0.5) is 4.39 Å². The van der Waals surface area contributed by atoms with Crippen LogP contribution in [0, 0.1) is 5.82 Å². The monoisotopic (exact) mass is 276 g/mol. The zero-order valence-corrected chi connectivity index (χ0v) is 10.8. The summed E-state index contributed by atoms with van der Waals surface area (Å²) in [6.07, 6.45) is 0.